The van der Waals surface area contributed by atoms with Gasteiger partial charge in [0.1, 0.15) is 0 Å². The molecule has 0 aromatic carbocycles. The van der Waals surface area contributed by atoms with Crippen LogP contribution in [-0.4, -0.2) is 51.6 Å². The predicted octanol–water partition coefficient (Wildman–Crippen LogP) is 1.23. The lowest BCUT2D eigenvalue weighted by Gasteiger charge is -2.32. The van der Waals surface area contributed by atoms with E-state index in [2.05, 4.69) is 29.2 Å². The third-order valence-electron chi connectivity index (χ3n) is 4.00. The Morgan fingerprint density at radius 2 is 2.35 bits per heavy atom. The third-order valence-corrected chi connectivity index (χ3v) is 4.00. The van der Waals surface area contributed by atoms with Crippen LogP contribution in [0.2, 0.25) is 0 Å². The molecule has 5 heteroatoms. The first-order chi connectivity index (χ1) is 9.69. The van der Waals surface area contributed by atoms with Gasteiger partial charge < -0.3 is 10.4 Å². The summed E-state index contributed by atoms with van der Waals surface area (Å²) in [5.74, 6) is 0. The predicted molar refractivity (Wildman–Crippen MR) is 80.5 cm³/mol. The van der Waals surface area contributed by atoms with Gasteiger partial charge >= 0.3 is 0 Å². The van der Waals surface area contributed by atoms with Gasteiger partial charge in [-0.2, -0.15) is 5.10 Å². The zero-order valence-corrected chi connectivity index (χ0v) is 12.8. The largest absolute Gasteiger partial charge is 0.394 e. The molecule has 0 amide bonds. The van der Waals surface area contributed by atoms with Crippen molar-refractivity contribution in [2.45, 2.75) is 58.3 Å². The fourth-order valence-electron chi connectivity index (χ4n) is 2.77. The van der Waals surface area contributed by atoms with E-state index in [1.165, 1.54) is 24.8 Å². The summed E-state index contributed by atoms with van der Waals surface area (Å²) in [6, 6.07) is 1.15. The van der Waals surface area contributed by atoms with E-state index in [1.807, 2.05) is 17.1 Å². The number of piperidine rings is 1. The summed E-state index contributed by atoms with van der Waals surface area (Å²) in [5, 5.41) is 16.8. The molecule has 0 radical (unpaired) electrons. The molecule has 1 saturated heterocycles. The van der Waals surface area contributed by atoms with Crippen molar-refractivity contribution in [3.63, 3.8) is 0 Å². The van der Waals surface area contributed by atoms with E-state index in [1.54, 1.807) is 0 Å². The minimum Gasteiger partial charge on any atom is -0.394 e. The van der Waals surface area contributed by atoms with Gasteiger partial charge in [0.05, 0.1) is 19.3 Å². The molecule has 114 valence electrons. The molecule has 0 saturated carbocycles. The molecule has 1 aliphatic rings. The van der Waals surface area contributed by atoms with Crippen LogP contribution in [0.3, 0.4) is 0 Å². The van der Waals surface area contributed by atoms with Crippen molar-refractivity contribution in [1.82, 2.24) is 20.0 Å². The molecule has 2 heterocycles. The van der Waals surface area contributed by atoms with Gasteiger partial charge in [-0.05, 0) is 33.2 Å². The Hall–Kier alpha value is -0.910. The van der Waals surface area contributed by atoms with Gasteiger partial charge in [0.15, 0.2) is 0 Å². The van der Waals surface area contributed by atoms with Crippen molar-refractivity contribution in [3.05, 3.63) is 18.0 Å². The highest BCUT2D eigenvalue weighted by Gasteiger charge is 2.19. The quantitative estimate of drug-likeness (QED) is 0.789. The third kappa shape index (κ3) is 4.58. The summed E-state index contributed by atoms with van der Waals surface area (Å²) in [6.07, 6.45) is 7.90. The Morgan fingerprint density at radius 1 is 1.50 bits per heavy atom. The van der Waals surface area contributed by atoms with Crippen LogP contribution in [0.5, 0.6) is 0 Å². The summed E-state index contributed by atoms with van der Waals surface area (Å²) in [4.78, 5) is 2.50. The second kappa shape index (κ2) is 7.76. The molecular formula is C15H28N4O. The average Bonchev–Trinajstić information content (AvgIpc) is 2.87. The number of nitrogens with one attached hydrogen (secondary N) is 1. The zero-order valence-electron chi connectivity index (χ0n) is 12.8. The normalized spacial score (nSPS) is 19.9. The summed E-state index contributed by atoms with van der Waals surface area (Å²) < 4.78 is 1.81. The first-order valence-corrected chi connectivity index (χ1v) is 7.78. The Kier molecular flexibility index (Phi) is 6.01. The molecule has 0 aliphatic carbocycles. The Balaban J connectivity index is 1.90. The van der Waals surface area contributed by atoms with Crippen LogP contribution in [0.4, 0.5) is 0 Å². The number of aliphatic hydroxyl groups excluding tert-OH is 1. The molecule has 0 bridgehead atoms. The minimum absolute atomic E-state index is 0.140. The van der Waals surface area contributed by atoms with E-state index in [0.717, 1.165) is 19.6 Å². The van der Waals surface area contributed by atoms with Crippen LogP contribution in [0.25, 0.3) is 0 Å². The lowest BCUT2D eigenvalue weighted by molar-refractivity contribution is 0.177. The smallest absolute Gasteiger partial charge is 0.0640 e. The van der Waals surface area contributed by atoms with E-state index in [0.29, 0.717) is 18.6 Å². The molecule has 0 spiro atoms. The number of rotatable bonds is 7. The lowest BCUT2D eigenvalue weighted by atomic mass is 10.0. The highest BCUT2D eigenvalue weighted by Crippen LogP contribution is 2.13. The Bertz CT molecular complexity index is 385. The SMILES string of the molecule is CC(C)N(Cc1cnn(CCO)c1)CC1CCCCN1. The highest BCUT2D eigenvalue weighted by atomic mass is 16.3. The molecule has 1 fully saturated rings. The second-order valence-electron chi connectivity index (χ2n) is 6.01. The molecule has 1 aliphatic heterocycles. The molecule has 5 nitrogen and oxygen atoms in total. The first-order valence-electron chi connectivity index (χ1n) is 7.78. The molecule has 1 aromatic heterocycles. The van der Waals surface area contributed by atoms with Crippen LogP contribution >= 0.6 is 0 Å². The summed E-state index contributed by atoms with van der Waals surface area (Å²) in [6.45, 7) is 8.41. The van der Waals surface area contributed by atoms with Crippen LogP contribution in [-0.2, 0) is 13.1 Å². The van der Waals surface area contributed by atoms with Gasteiger partial charge in [0.25, 0.3) is 0 Å². The van der Waals surface area contributed by atoms with Gasteiger partial charge in [0, 0.05) is 36.9 Å². The maximum atomic E-state index is 8.94. The molecule has 1 atom stereocenters. The van der Waals surface area contributed by atoms with Crippen molar-refractivity contribution in [1.29, 1.82) is 0 Å². The standard InChI is InChI=1S/C15H28N4O/c1-13(2)18(12-15-5-3-4-6-16-15)10-14-9-17-19(11-14)7-8-20/h9,11,13,15-16,20H,3-8,10,12H2,1-2H3. The zero-order chi connectivity index (χ0) is 14.4. The van der Waals surface area contributed by atoms with E-state index >= 15 is 0 Å². The van der Waals surface area contributed by atoms with Crippen molar-refractivity contribution >= 4 is 0 Å². The van der Waals surface area contributed by atoms with E-state index in [-0.39, 0.29) is 6.61 Å². The lowest BCUT2D eigenvalue weighted by Crippen LogP contribution is -2.45. The molecule has 20 heavy (non-hydrogen) atoms. The molecule has 1 unspecified atom stereocenters. The van der Waals surface area contributed by atoms with Crippen LogP contribution < -0.4 is 5.32 Å². The van der Waals surface area contributed by atoms with Gasteiger partial charge in [-0.1, -0.05) is 6.42 Å². The van der Waals surface area contributed by atoms with E-state index < -0.39 is 0 Å². The molecule has 1 aromatic rings. The number of hydrogen-bond donors (Lipinski definition) is 2. The maximum Gasteiger partial charge on any atom is 0.0640 e. The Labute approximate surface area is 122 Å². The molecule has 2 rings (SSSR count). The van der Waals surface area contributed by atoms with Crippen molar-refractivity contribution < 1.29 is 5.11 Å². The van der Waals surface area contributed by atoms with Gasteiger partial charge in [-0.25, -0.2) is 0 Å². The minimum atomic E-state index is 0.140. The fraction of sp³-hybridized carbons (Fsp3) is 0.800. The topological polar surface area (TPSA) is 53.3 Å². The number of nitrogens with zero attached hydrogens (tertiary/aromatic N) is 3. The summed E-state index contributed by atoms with van der Waals surface area (Å²) >= 11 is 0. The van der Waals surface area contributed by atoms with Crippen molar-refractivity contribution in [2.24, 2.45) is 0 Å². The van der Waals surface area contributed by atoms with Crippen molar-refractivity contribution in [3.8, 4) is 0 Å². The van der Waals surface area contributed by atoms with Crippen LogP contribution in [0, 0.1) is 0 Å². The van der Waals surface area contributed by atoms with Crippen molar-refractivity contribution in [2.75, 3.05) is 19.7 Å². The highest BCUT2D eigenvalue weighted by molar-refractivity contribution is 5.04. The van der Waals surface area contributed by atoms with Gasteiger partial charge in [-0.15, -0.1) is 0 Å². The number of aliphatic hydroxyl groups is 1. The van der Waals surface area contributed by atoms with Gasteiger partial charge in [-0.3, -0.25) is 9.58 Å². The van der Waals surface area contributed by atoms with E-state index in [4.69, 9.17) is 5.11 Å². The monoisotopic (exact) mass is 280 g/mol. The van der Waals surface area contributed by atoms with Crippen LogP contribution in [0.1, 0.15) is 38.7 Å². The average molecular weight is 280 g/mol. The maximum absolute atomic E-state index is 8.94. The van der Waals surface area contributed by atoms with Gasteiger partial charge in [0.2, 0.25) is 0 Å². The first kappa shape index (κ1) is 15.5. The summed E-state index contributed by atoms with van der Waals surface area (Å²) in [7, 11) is 0. The summed E-state index contributed by atoms with van der Waals surface area (Å²) in [5.41, 5.74) is 1.22. The van der Waals surface area contributed by atoms with E-state index in [9.17, 15) is 0 Å². The Morgan fingerprint density at radius 3 is 3.00 bits per heavy atom. The molecule has 2 N–H and O–H groups in total. The second-order valence-corrected chi connectivity index (χ2v) is 6.01. The molecular weight excluding hydrogens is 252 g/mol. The van der Waals surface area contributed by atoms with Crippen LogP contribution in [0.15, 0.2) is 12.4 Å². The fourth-order valence-corrected chi connectivity index (χ4v) is 2.77. The number of aromatic nitrogens is 2. The number of hydrogen-bond acceptors (Lipinski definition) is 4.